The third kappa shape index (κ3) is 3.26. The second-order valence-electron chi connectivity index (χ2n) is 4.74. The van der Waals surface area contributed by atoms with Crippen LogP contribution < -0.4 is 0 Å². The lowest BCUT2D eigenvalue weighted by Crippen LogP contribution is -2.49. The van der Waals surface area contributed by atoms with Crippen LogP contribution >= 0.6 is 0 Å². The number of hydrogen-bond acceptors (Lipinski definition) is 2. The van der Waals surface area contributed by atoms with Crippen LogP contribution in [0.5, 0.6) is 0 Å². The fourth-order valence-corrected chi connectivity index (χ4v) is 1.73. The lowest BCUT2D eigenvalue weighted by Gasteiger charge is -2.34. The predicted molar refractivity (Wildman–Crippen MR) is 64.1 cm³/mol. The van der Waals surface area contributed by atoms with Gasteiger partial charge in [0.05, 0.1) is 0 Å². The Morgan fingerprint density at radius 2 is 1.74 bits per heavy atom. The van der Waals surface area contributed by atoms with Gasteiger partial charge >= 0.3 is 5.97 Å². The summed E-state index contributed by atoms with van der Waals surface area (Å²) < 4.78 is 39.4. The summed E-state index contributed by atoms with van der Waals surface area (Å²) in [6.07, 6.45) is 0. The highest BCUT2D eigenvalue weighted by atomic mass is 19.2. The third-order valence-electron chi connectivity index (χ3n) is 3.15. The van der Waals surface area contributed by atoms with E-state index in [2.05, 4.69) is 0 Å². The van der Waals surface area contributed by atoms with Crippen LogP contribution in [-0.4, -0.2) is 28.1 Å². The molecule has 0 aliphatic heterocycles. The number of benzene rings is 1. The van der Waals surface area contributed by atoms with Crippen molar-refractivity contribution >= 4 is 5.97 Å². The number of nitrogens with zero attached hydrogens (tertiary/aromatic N) is 1. The number of carboxylic acids is 1. The monoisotopic (exact) mass is 275 g/mol. The zero-order chi connectivity index (χ0) is 14.8. The van der Waals surface area contributed by atoms with Gasteiger partial charge in [0.15, 0.2) is 11.6 Å². The van der Waals surface area contributed by atoms with Crippen molar-refractivity contribution in [3.05, 3.63) is 35.1 Å². The number of carbonyl (C=O) groups is 1. The molecule has 0 aliphatic carbocycles. The number of hydrogen-bond donors (Lipinski definition) is 1. The van der Waals surface area contributed by atoms with Gasteiger partial charge < -0.3 is 5.11 Å². The fraction of sp³-hybridized carbons (Fsp3) is 0.462. The normalized spacial score (nSPS) is 11.9. The van der Waals surface area contributed by atoms with Gasteiger partial charge in [0, 0.05) is 18.2 Å². The average Bonchev–Trinajstić information content (AvgIpc) is 2.31. The van der Waals surface area contributed by atoms with E-state index in [4.69, 9.17) is 5.11 Å². The maximum atomic E-state index is 13.5. The van der Waals surface area contributed by atoms with Gasteiger partial charge in [-0.05, 0) is 26.5 Å². The van der Waals surface area contributed by atoms with Gasteiger partial charge in [-0.1, -0.05) is 6.92 Å². The Bertz CT molecular complexity index is 489. The Hall–Kier alpha value is -1.56. The van der Waals surface area contributed by atoms with Crippen molar-refractivity contribution in [2.45, 2.75) is 32.9 Å². The molecule has 19 heavy (non-hydrogen) atoms. The highest BCUT2D eigenvalue weighted by Crippen LogP contribution is 2.21. The quantitative estimate of drug-likeness (QED) is 0.840. The summed E-state index contributed by atoms with van der Waals surface area (Å²) >= 11 is 0. The first-order chi connectivity index (χ1) is 8.70. The van der Waals surface area contributed by atoms with E-state index >= 15 is 0 Å². The SMILES string of the molecule is CCN(Cc1cc(F)c(F)cc1F)C(C)(C)C(=O)O. The van der Waals surface area contributed by atoms with Crippen molar-refractivity contribution in [2.24, 2.45) is 0 Å². The molecular formula is C13H16F3NO2. The van der Waals surface area contributed by atoms with Crippen LogP contribution in [0, 0.1) is 17.5 Å². The Balaban J connectivity index is 3.06. The van der Waals surface area contributed by atoms with Crippen LogP contribution in [0.1, 0.15) is 26.3 Å². The van der Waals surface area contributed by atoms with Crippen molar-refractivity contribution in [3.63, 3.8) is 0 Å². The van der Waals surface area contributed by atoms with E-state index in [0.717, 1.165) is 6.07 Å². The molecule has 6 heteroatoms. The molecule has 106 valence electrons. The standard InChI is InChI=1S/C13H16F3NO2/c1-4-17(13(2,3)12(18)19)7-8-5-10(15)11(16)6-9(8)14/h5-6H,4,7H2,1-3H3,(H,18,19). The Morgan fingerprint density at radius 1 is 1.21 bits per heavy atom. The molecule has 0 aromatic heterocycles. The van der Waals surface area contributed by atoms with Gasteiger partial charge in [-0.25, -0.2) is 13.2 Å². The molecule has 0 spiro atoms. The van der Waals surface area contributed by atoms with Crippen molar-refractivity contribution in [1.82, 2.24) is 4.90 Å². The van der Waals surface area contributed by atoms with E-state index in [9.17, 15) is 18.0 Å². The molecule has 1 aromatic rings. The minimum absolute atomic E-state index is 0.0740. The number of likely N-dealkylation sites (N-methyl/N-ethyl adjacent to an activating group) is 1. The van der Waals surface area contributed by atoms with Gasteiger partial charge in [0.25, 0.3) is 0 Å². The highest BCUT2D eigenvalue weighted by molar-refractivity contribution is 5.77. The number of halogens is 3. The molecule has 0 amide bonds. The van der Waals surface area contributed by atoms with Gasteiger partial charge in [-0.15, -0.1) is 0 Å². The largest absolute Gasteiger partial charge is 0.480 e. The van der Waals surface area contributed by atoms with Crippen molar-refractivity contribution < 1.29 is 23.1 Å². The molecule has 0 radical (unpaired) electrons. The molecule has 0 saturated carbocycles. The number of carboxylic acid groups (broad SMARTS) is 1. The van der Waals surface area contributed by atoms with E-state index in [0.29, 0.717) is 12.6 Å². The summed E-state index contributed by atoms with van der Waals surface area (Å²) in [6, 6.07) is 1.22. The maximum absolute atomic E-state index is 13.5. The van der Waals surface area contributed by atoms with Crippen LogP contribution in [0.3, 0.4) is 0 Å². The molecule has 0 heterocycles. The molecule has 0 unspecified atom stereocenters. The molecule has 1 N–H and O–H groups in total. The minimum Gasteiger partial charge on any atom is -0.480 e. The third-order valence-corrected chi connectivity index (χ3v) is 3.15. The molecule has 1 aromatic carbocycles. The molecule has 0 bridgehead atoms. The van der Waals surface area contributed by atoms with E-state index in [1.165, 1.54) is 18.7 Å². The maximum Gasteiger partial charge on any atom is 0.323 e. The number of rotatable bonds is 5. The summed E-state index contributed by atoms with van der Waals surface area (Å²) in [5.41, 5.74) is -1.30. The van der Waals surface area contributed by atoms with Crippen molar-refractivity contribution in [3.8, 4) is 0 Å². The summed E-state index contributed by atoms with van der Waals surface area (Å²) in [5, 5.41) is 9.12. The summed E-state index contributed by atoms with van der Waals surface area (Å²) in [6.45, 7) is 4.87. The Morgan fingerprint density at radius 3 is 2.21 bits per heavy atom. The van der Waals surface area contributed by atoms with Crippen LogP contribution in [-0.2, 0) is 11.3 Å². The zero-order valence-corrected chi connectivity index (χ0v) is 11.0. The second kappa shape index (κ2) is 5.61. The van der Waals surface area contributed by atoms with Crippen molar-refractivity contribution in [2.75, 3.05) is 6.54 Å². The smallest absolute Gasteiger partial charge is 0.323 e. The van der Waals surface area contributed by atoms with Gasteiger partial charge in [0.2, 0.25) is 0 Å². The van der Waals surface area contributed by atoms with Gasteiger partial charge in [0.1, 0.15) is 11.4 Å². The minimum atomic E-state index is -1.26. The first kappa shape index (κ1) is 15.5. The van der Waals surface area contributed by atoms with Crippen molar-refractivity contribution in [1.29, 1.82) is 0 Å². The van der Waals surface area contributed by atoms with E-state index in [-0.39, 0.29) is 12.1 Å². The van der Waals surface area contributed by atoms with Crippen LogP contribution in [0.2, 0.25) is 0 Å². The number of aliphatic carboxylic acids is 1. The first-order valence-electron chi connectivity index (χ1n) is 5.82. The second-order valence-corrected chi connectivity index (χ2v) is 4.74. The molecular weight excluding hydrogens is 259 g/mol. The average molecular weight is 275 g/mol. The zero-order valence-electron chi connectivity index (χ0n) is 11.0. The highest BCUT2D eigenvalue weighted by Gasteiger charge is 2.34. The van der Waals surface area contributed by atoms with Crippen LogP contribution in [0.4, 0.5) is 13.2 Å². The Kier molecular flexibility index (Phi) is 4.57. The van der Waals surface area contributed by atoms with Crippen LogP contribution in [0.15, 0.2) is 12.1 Å². The first-order valence-corrected chi connectivity index (χ1v) is 5.82. The van der Waals surface area contributed by atoms with Crippen LogP contribution in [0.25, 0.3) is 0 Å². The molecule has 0 saturated heterocycles. The lowest BCUT2D eigenvalue weighted by molar-refractivity contribution is -0.149. The summed E-state index contributed by atoms with van der Waals surface area (Å²) in [5.74, 6) is -4.38. The molecule has 0 fully saturated rings. The molecule has 1 rings (SSSR count). The predicted octanol–water partition coefficient (Wildman–Crippen LogP) is 2.79. The molecule has 3 nitrogen and oxygen atoms in total. The van der Waals surface area contributed by atoms with Gasteiger partial charge in [-0.3, -0.25) is 9.69 Å². The molecule has 0 aliphatic rings. The Labute approximate surface area is 109 Å². The van der Waals surface area contributed by atoms with E-state index in [1.807, 2.05) is 0 Å². The van der Waals surface area contributed by atoms with E-state index < -0.39 is 29.0 Å². The summed E-state index contributed by atoms with van der Waals surface area (Å²) in [7, 11) is 0. The lowest BCUT2D eigenvalue weighted by atomic mass is 10.0. The topological polar surface area (TPSA) is 40.5 Å². The fourth-order valence-electron chi connectivity index (χ4n) is 1.73. The van der Waals surface area contributed by atoms with E-state index in [1.54, 1.807) is 6.92 Å². The van der Waals surface area contributed by atoms with Gasteiger partial charge in [-0.2, -0.15) is 0 Å². The molecule has 0 atom stereocenters. The summed E-state index contributed by atoms with van der Waals surface area (Å²) in [4.78, 5) is 12.6.